The highest BCUT2D eigenvalue weighted by Crippen LogP contribution is 2.33. The number of hydrogen-bond acceptors (Lipinski definition) is 6. The Balaban J connectivity index is 1.73. The molecule has 28 heavy (non-hydrogen) atoms. The number of nitrogens with zero attached hydrogens (tertiary/aromatic N) is 3. The van der Waals surface area contributed by atoms with E-state index in [-0.39, 0.29) is 5.78 Å². The van der Waals surface area contributed by atoms with E-state index in [9.17, 15) is 4.79 Å². The highest BCUT2D eigenvalue weighted by atomic mass is 32.2. The number of ether oxygens (including phenoxy) is 1. The number of rotatable bonds is 7. The molecule has 0 amide bonds. The van der Waals surface area contributed by atoms with Gasteiger partial charge in [-0.3, -0.25) is 9.36 Å². The van der Waals surface area contributed by atoms with Gasteiger partial charge >= 0.3 is 0 Å². The number of carbonyl (C=O) groups is 1. The normalized spacial score (nSPS) is 10.8. The van der Waals surface area contributed by atoms with Crippen LogP contribution < -0.4 is 4.74 Å². The molecule has 0 spiro atoms. The van der Waals surface area contributed by atoms with Crippen molar-refractivity contribution in [2.24, 2.45) is 0 Å². The number of methoxy groups -OCH3 is 1. The summed E-state index contributed by atoms with van der Waals surface area (Å²) in [5.41, 5.74) is 1.78. The average Bonchev–Trinajstić information content (AvgIpc) is 3.43. The lowest BCUT2D eigenvalue weighted by Crippen LogP contribution is -2.04. The van der Waals surface area contributed by atoms with E-state index >= 15 is 0 Å². The van der Waals surface area contributed by atoms with Crippen molar-refractivity contribution in [1.82, 2.24) is 14.8 Å². The molecule has 4 aromatic rings. The Morgan fingerprint density at radius 3 is 2.57 bits per heavy atom. The number of hydrogen-bond donors (Lipinski definition) is 0. The van der Waals surface area contributed by atoms with Crippen LogP contribution >= 0.6 is 23.1 Å². The van der Waals surface area contributed by atoms with Crippen LogP contribution in [0, 0.1) is 0 Å². The van der Waals surface area contributed by atoms with Crippen LogP contribution in [0.2, 0.25) is 0 Å². The second kappa shape index (κ2) is 8.41. The fraction of sp³-hybridized carbons (Fsp3) is 0.0952. The topological polar surface area (TPSA) is 57.0 Å². The van der Waals surface area contributed by atoms with Gasteiger partial charge in [0.2, 0.25) is 0 Å². The maximum Gasteiger partial charge on any atom is 0.196 e. The number of para-hydroxylation sites is 2. The Morgan fingerprint density at radius 2 is 1.82 bits per heavy atom. The molecule has 0 atom stereocenters. The summed E-state index contributed by atoms with van der Waals surface area (Å²) >= 11 is 2.83. The van der Waals surface area contributed by atoms with Crippen LogP contribution in [-0.2, 0) is 0 Å². The van der Waals surface area contributed by atoms with Gasteiger partial charge in [0.05, 0.1) is 23.3 Å². The van der Waals surface area contributed by atoms with E-state index in [4.69, 9.17) is 4.74 Å². The lowest BCUT2D eigenvalue weighted by atomic mass is 10.2. The standard InChI is InChI=1S/C21H17N3O2S2/c1-26-18-11-6-5-10-16(18)20-22-23-21(24(20)15-8-3-2-4-9-15)28-14-17(25)19-12-7-13-27-19/h2-13H,14H2,1H3. The maximum absolute atomic E-state index is 12.4. The van der Waals surface area contributed by atoms with Crippen molar-refractivity contribution in [3.63, 3.8) is 0 Å². The number of ketones is 1. The number of benzene rings is 2. The summed E-state index contributed by atoms with van der Waals surface area (Å²) < 4.78 is 7.47. The highest BCUT2D eigenvalue weighted by molar-refractivity contribution is 7.99. The minimum absolute atomic E-state index is 0.0847. The summed E-state index contributed by atoms with van der Waals surface area (Å²) in [7, 11) is 1.64. The van der Waals surface area contributed by atoms with E-state index in [0.29, 0.717) is 16.7 Å². The van der Waals surface area contributed by atoms with Gasteiger partial charge in [0.25, 0.3) is 0 Å². The summed E-state index contributed by atoms with van der Waals surface area (Å²) in [6.07, 6.45) is 0. The molecule has 4 rings (SSSR count). The molecule has 0 saturated heterocycles. The molecule has 7 heteroatoms. The molecule has 140 valence electrons. The molecular formula is C21H17N3O2S2. The first-order valence-corrected chi connectivity index (χ1v) is 10.5. The molecule has 0 radical (unpaired) electrons. The Bertz CT molecular complexity index is 1080. The first-order valence-electron chi connectivity index (χ1n) is 8.61. The van der Waals surface area contributed by atoms with Crippen LogP contribution in [0.15, 0.2) is 77.3 Å². The molecular weight excluding hydrogens is 390 g/mol. The first kappa shape index (κ1) is 18.5. The molecule has 2 heterocycles. The summed E-state index contributed by atoms with van der Waals surface area (Å²) in [6.45, 7) is 0. The van der Waals surface area contributed by atoms with Crippen molar-refractivity contribution in [1.29, 1.82) is 0 Å². The van der Waals surface area contributed by atoms with Gasteiger partial charge in [0.15, 0.2) is 16.8 Å². The van der Waals surface area contributed by atoms with Gasteiger partial charge in [0, 0.05) is 5.69 Å². The van der Waals surface area contributed by atoms with Crippen molar-refractivity contribution in [2.45, 2.75) is 5.16 Å². The predicted octanol–water partition coefficient (Wildman–Crippen LogP) is 4.98. The second-order valence-corrected chi connectivity index (χ2v) is 7.76. The molecule has 0 N–H and O–H groups in total. The molecule has 5 nitrogen and oxygen atoms in total. The van der Waals surface area contributed by atoms with Gasteiger partial charge in [-0.05, 0) is 35.7 Å². The third kappa shape index (κ3) is 3.72. The predicted molar refractivity (Wildman–Crippen MR) is 113 cm³/mol. The van der Waals surface area contributed by atoms with Crippen LogP contribution in [-0.4, -0.2) is 33.4 Å². The van der Waals surface area contributed by atoms with E-state index < -0.39 is 0 Å². The van der Waals surface area contributed by atoms with E-state index in [1.807, 2.05) is 76.7 Å². The minimum Gasteiger partial charge on any atom is -0.496 e. The summed E-state index contributed by atoms with van der Waals surface area (Å²) in [6, 6.07) is 21.3. The number of thioether (sulfide) groups is 1. The largest absolute Gasteiger partial charge is 0.496 e. The van der Waals surface area contributed by atoms with Gasteiger partial charge in [-0.2, -0.15) is 0 Å². The average molecular weight is 408 g/mol. The molecule has 2 aromatic carbocycles. The summed E-state index contributed by atoms with van der Waals surface area (Å²) in [4.78, 5) is 13.2. The van der Waals surface area contributed by atoms with Crippen molar-refractivity contribution >= 4 is 28.9 Å². The Kier molecular flexibility index (Phi) is 5.55. The molecule has 0 aliphatic heterocycles. The fourth-order valence-corrected chi connectivity index (χ4v) is 4.41. The van der Waals surface area contributed by atoms with Crippen molar-refractivity contribution in [2.75, 3.05) is 12.9 Å². The van der Waals surface area contributed by atoms with E-state index in [1.54, 1.807) is 7.11 Å². The van der Waals surface area contributed by atoms with Gasteiger partial charge in [0.1, 0.15) is 5.75 Å². The lowest BCUT2D eigenvalue weighted by molar-refractivity contribution is 0.102. The Hall–Kier alpha value is -2.90. The highest BCUT2D eigenvalue weighted by Gasteiger charge is 2.20. The molecule has 0 aliphatic rings. The smallest absolute Gasteiger partial charge is 0.196 e. The van der Waals surface area contributed by atoms with E-state index in [0.717, 1.165) is 21.9 Å². The zero-order valence-electron chi connectivity index (χ0n) is 15.1. The van der Waals surface area contributed by atoms with Crippen molar-refractivity contribution < 1.29 is 9.53 Å². The zero-order valence-corrected chi connectivity index (χ0v) is 16.7. The number of Topliss-reactive ketones (excluding diaryl/α,β-unsaturated/α-hetero) is 1. The minimum atomic E-state index is 0.0847. The molecule has 2 aromatic heterocycles. The molecule has 0 saturated carbocycles. The van der Waals surface area contributed by atoms with Crippen LogP contribution in [0.25, 0.3) is 17.1 Å². The van der Waals surface area contributed by atoms with Gasteiger partial charge in [-0.15, -0.1) is 21.5 Å². The van der Waals surface area contributed by atoms with Crippen molar-refractivity contribution in [3.8, 4) is 22.8 Å². The van der Waals surface area contributed by atoms with Crippen LogP contribution in [0.3, 0.4) is 0 Å². The number of carbonyl (C=O) groups excluding carboxylic acids is 1. The fourth-order valence-electron chi connectivity index (χ4n) is 2.82. The number of aromatic nitrogens is 3. The molecule has 0 bridgehead atoms. The first-order chi connectivity index (χ1) is 13.8. The van der Waals surface area contributed by atoms with E-state index in [2.05, 4.69) is 10.2 Å². The lowest BCUT2D eigenvalue weighted by Gasteiger charge is -2.12. The SMILES string of the molecule is COc1ccccc1-c1nnc(SCC(=O)c2cccs2)n1-c1ccccc1. The molecule has 0 aliphatic carbocycles. The third-order valence-corrected chi connectivity index (χ3v) is 5.96. The number of thiophene rings is 1. The monoisotopic (exact) mass is 407 g/mol. The van der Waals surface area contributed by atoms with Gasteiger partial charge < -0.3 is 4.74 Å². The van der Waals surface area contributed by atoms with Gasteiger partial charge in [-0.25, -0.2) is 0 Å². The van der Waals surface area contributed by atoms with Crippen LogP contribution in [0.4, 0.5) is 0 Å². The van der Waals surface area contributed by atoms with Crippen molar-refractivity contribution in [3.05, 3.63) is 77.0 Å². The molecule has 0 fully saturated rings. The maximum atomic E-state index is 12.4. The Labute approximate surface area is 171 Å². The second-order valence-electron chi connectivity index (χ2n) is 5.87. The van der Waals surface area contributed by atoms with Crippen LogP contribution in [0.1, 0.15) is 9.67 Å². The summed E-state index contributed by atoms with van der Waals surface area (Å²) in [5, 5.41) is 11.4. The van der Waals surface area contributed by atoms with Crippen LogP contribution in [0.5, 0.6) is 5.75 Å². The Morgan fingerprint density at radius 1 is 1.04 bits per heavy atom. The van der Waals surface area contributed by atoms with Gasteiger partial charge in [-0.1, -0.05) is 48.2 Å². The zero-order chi connectivity index (χ0) is 19.3. The molecule has 0 unspecified atom stereocenters. The quantitative estimate of drug-likeness (QED) is 0.319. The third-order valence-electron chi connectivity index (χ3n) is 4.12. The summed E-state index contributed by atoms with van der Waals surface area (Å²) in [5.74, 6) is 1.78. The van der Waals surface area contributed by atoms with E-state index in [1.165, 1.54) is 23.1 Å².